The molecule has 0 aromatic heterocycles. The number of carbonyl (C=O) groups is 1. The van der Waals surface area contributed by atoms with Crippen molar-refractivity contribution < 1.29 is 30.6 Å². The molecule has 4 aliphatic rings. The molecule has 2 bridgehead atoms. The van der Waals surface area contributed by atoms with E-state index in [1.165, 1.54) is 6.92 Å². The summed E-state index contributed by atoms with van der Waals surface area (Å²) in [5, 5.41) is 0. The third kappa shape index (κ3) is 2.37. The maximum atomic E-state index is 13.1. The zero-order valence-electron chi connectivity index (χ0n) is 16.9. The van der Waals surface area contributed by atoms with Crippen LogP contribution < -0.4 is 4.90 Å². The minimum absolute atomic E-state index is 0.162. The average molecular weight is 454 g/mol. The zero-order chi connectivity index (χ0) is 22.4. The number of benzene rings is 1. The van der Waals surface area contributed by atoms with Crippen LogP contribution in [0.4, 0.5) is 18.9 Å². The minimum Gasteiger partial charge on any atom is -0.380 e. The van der Waals surface area contributed by atoms with Gasteiger partial charge in [0.15, 0.2) is 0 Å². The van der Waals surface area contributed by atoms with E-state index in [1.54, 1.807) is 24.0 Å². The fraction of sp³-hybridized carbons (Fsp3) is 0.476. The number of piperidine rings is 1. The summed E-state index contributed by atoms with van der Waals surface area (Å²) in [7, 11) is -5.81. The molecule has 1 amide bonds. The van der Waals surface area contributed by atoms with Gasteiger partial charge in [-0.1, -0.05) is 24.3 Å². The van der Waals surface area contributed by atoms with Crippen LogP contribution in [0.5, 0.6) is 0 Å². The van der Waals surface area contributed by atoms with E-state index >= 15 is 0 Å². The molecule has 3 aliphatic heterocycles. The standard InChI is InChI=1S/C21H21F3N2O4S/c1-3-14-12-25-9-8-19-11-18(30-31(28,29)21(22,23)24)15(14)10-20(19,25)26(13(2)27)17-7-5-4-6-16(17)19/h3-7,11,15H,8-10,12H2,1-2H3/b14-3-/t15-,19+,20+/m0/s1. The van der Waals surface area contributed by atoms with Crippen LogP contribution in [0, 0.1) is 5.92 Å². The van der Waals surface area contributed by atoms with Crippen LogP contribution >= 0.6 is 0 Å². The quantitative estimate of drug-likeness (QED) is 0.389. The normalized spacial score (nSPS) is 33.2. The maximum absolute atomic E-state index is 13.1. The van der Waals surface area contributed by atoms with Crippen LogP contribution in [-0.4, -0.2) is 43.5 Å². The molecule has 31 heavy (non-hydrogen) atoms. The number of para-hydroxylation sites is 1. The molecule has 1 aromatic rings. The minimum atomic E-state index is -5.81. The molecular formula is C21H21F3N2O4S. The van der Waals surface area contributed by atoms with Crippen molar-refractivity contribution in [3.05, 3.63) is 53.3 Å². The predicted octanol–water partition coefficient (Wildman–Crippen LogP) is 3.42. The lowest BCUT2D eigenvalue weighted by Gasteiger charge is -2.56. The van der Waals surface area contributed by atoms with E-state index in [0.717, 1.165) is 11.1 Å². The SMILES string of the molecule is C/C=C1/CN2CC[C@]34C=C(OS(=O)(=O)C(F)(F)F)[C@H]1C[C@]23N(C(C)=O)c1ccccc14. The Morgan fingerprint density at radius 2 is 2.00 bits per heavy atom. The number of hydrogen-bond acceptors (Lipinski definition) is 5. The summed E-state index contributed by atoms with van der Waals surface area (Å²) in [5.41, 5.74) is -4.87. The second-order valence-corrected chi connectivity index (χ2v) is 10.0. The maximum Gasteiger partial charge on any atom is 0.534 e. The molecule has 0 radical (unpaired) electrons. The van der Waals surface area contributed by atoms with E-state index in [4.69, 9.17) is 4.18 Å². The van der Waals surface area contributed by atoms with Gasteiger partial charge < -0.3 is 4.18 Å². The number of anilines is 1. The van der Waals surface area contributed by atoms with E-state index in [-0.39, 0.29) is 18.1 Å². The van der Waals surface area contributed by atoms with Crippen molar-refractivity contribution in [3.63, 3.8) is 0 Å². The van der Waals surface area contributed by atoms with E-state index in [1.807, 2.05) is 24.3 Å². The van der Waals surface area contributed by atoms with Crippen LogP contribution in [0.2, 0.25) is 0 Å². The number of halogens is 3. The molecule has 0 unspecified atom stereocenters. The first-order valence-electron chi connectivity index (χ1n) is 10.0. The molecule has 3 heterocycles. The average Bonchev–Trinajstić information content (AvgIpc) is 3.15. The van der Waals surface area contributed by atoms with Gasteiger partial charge >= 0.3 is 15.6 Å². The fourth-order valence-corrected chi connectivity index (χ4v) is 6.66. The summed E-state index contributed by atoms with van der Waals surface area (Å²) in [4.78, 5) is 16.8. The summed E-state index contributed by atoms with van der Waals surface area (Å²) in [6.07, 6.45) is 4.14. The van der Waals surface area contributed by atoms with E-state index in [9.17, 15) is 26.4 Å². The van der Waals surface area contributed by atoms with Gasteiger partial charge in [-0.25, -0.2) is 0 Å². The van der Waals surface area contributed by atoms with Crippen molar-refractivity contribution in [3.8, 4) is 0 Å². The van der Waals surface area contributed by atoms with Crippen LogP contribution in [-0.2, 0) is 24.5 Å². The van der Waals surface area contributed by atoms with Gasteiger partial charge in [-0.3, -0.25) is 14.6 Å². The lowest BCUT2D eigenvalue weighted by Crippen LogP contribution is -2.69. The molecule has 1 aromatic carbocycles. The molecule has 6 nitrogen and oxygen atoms in total. The first-order chi connectivity index (χ1) is 14.5. The van der Waals surface area contributed by atoms with Crippen molar-refractivity contribution in [2.45, 2.75) is 43.3 Å². The van der Waals surface area contributed by atoms with Gasteiger partial charge in [0.1, 0.15) is 11.4 Å². The molecule has 0 saturated carbocycles. The molecule has 166 valence electrons. The van der Waals surface area contributed by atoms with Crippen molar-refractivity contribution in [2.75, 3.05) is 18.0 Å². The van der Waals surface area contributed by atoms with Crippen LogP contribution in [0.15, 0.2) is 47.7 Å². The molecular weight excluding hydrogens is 433 g/mol. The second-order valence-electron chi connectivity index (χ2n) is 8.48. The number of nitrogens with zero attached hydrogens (tertiary/aromatic N) is 2. The monoisotopic (exact) mass is 454 g/mol. The third-order valence-corrected chi connectivity index (χ3v) is 8.20. The number of amides is 1. The second kappa shape index (κ2) is 6.13. The Morgan fingerprint density at radius 1 is 1.29 bits per heavy atom. The van der Waals surface area contributed by atoms with Crippen molar-refractivity contribution in [1.29, 1.82) is 0 Å². The molecule has 5 rings (SSSR count). The summed E-state index contributed by atoms with van der Waals surface area (Å²) in [6.45, 7) is 4.30. The van der Waals surface area contributed by atoms with Gasteiger partial charge in [0.25, 0.3) is 0 Å². The lowest BCUT2D eigenvalue weighted by molar-refractivity contribution is -0.120. The van der Waals surface area contributed by atoms with Gasteiger partial charge in [-0.05, 0) is 43.0 Å². The number of hydrogen-bond donors (Lipinski definition) is 0. The highest BCUT2D eigenvalue weighted by molar-refractivity contribution is 7.87. The topological polar surface area (TPSA) is 66.9 Å². The molecule has 1 spiro atoms. The highest BCUT2D eigenvalue weighted by Crippen LogP contribution is 2.67. The Balaban J connectivity index is 1.78. The Kier molecular flexibility index (Phi) is 4.07. The largest absolute Gasteiger partial charge is 0.534 e. The number of rotatable bonds is 2. The van der Waals surface area contributed by atoms with Crippen LogP contribution in [0.25, 0.3) is 0 Å². The zero-order valence-corrected chi connectivity index (χ0v) is 17.8. The number of fused-ring (bicyclic) bond motifs is 2. The van der Waals surface area contributed by atoms with Crippen LogP contribution in [0.1, 0.15) is 32.3 Å². The Hall–Kier alpha value is -2.33. The van der Waals surface area contributed by atoms with E-state index < -0.39 is 32.6 Å². The van der Waals surface area contributed by atoms with Gasteiger partial charge in [0.2, 0.25) is 5.91 Å². The highest BCUT2D eigenvalue weighted by Gasteiger charge is 2.72. The molecule has 3 atom stereocenters. The predicted molar refractivity (Wildman–Crippen MR) is 106 cm³/mol. The first kappa shape index (κ1) is 20.6. The molecule has 2 saturated heterocycles. The fourth-order valence-electron chi connectivity index (χ4n) is 6.14. The van der Waals surface area contributed by atoms with Crippen molar-refractivity contribution in [2.24, 2.45) is 5.92 Å². The van der Waals surface area contributed by atoms with Gasteiger partial charge in [-0.2, -0.15) is 21.6 Å². The molecule has 1 aliphatic carbocycles. The van der Waals surface area contributed by atoms with Crippen molar-refractivity contribution >= 4 is 21.7 Å². The highest BCUT2D eigenvalue weighted by atomic mass is 32.2. The summed E-state index contributed by atoms with van der Waals surface area (Å²) in [5.74, 6) is -1.03. The molecule has 10 heteroatoms. The summed E-state index contributed by atoms with van der Waals surface area (Å²) >= 11 is 0. The van der Waals surface area contributed by atoms with Gasteiger partial charge in [-0.15, -0.1) is 0 Å². The molecule has 2 fully saturated rings. The van der Waals surface area contributed by atoms with Crippen LogP contribution in [0.3, 0.4) is 0 Å². The summed E-state index contributed by atoms with van der Waals surface area (Å²) < 4.78 is 68.0. The first-order valence-corrected chi connectivity index (χ1v) is 11.4. The summed E-state index contributed by atoms with van der Waals surface area (Å²) in [6, 6.07) is 7.33. The smallest absolute Gasteiger partial charge is 0.380 e. The van der Waals surface area contributed by atoms with Crippen molar-refractivity contribution in [1.82, 2.24) is 4.90 Å². The molecule has 0 N–H and O–H groups in total. The number of allylic oxidation sites excluding steroid dienone is 2. The Labute approximate surface area is 178 Å². The lowest BCUT2D eigenvalue weighted by atomic mass is 9.62. The third-order valence-electron chi connectivity index (χ3n) is 7.23. The number of alkyl halides is 3. The number of carbonyl (C=O) groups excluding carboxylic acids is 1. The van der Waals surface area contributed by atoms with Gasteiger partial charge in [0.05, 0.1) is 5.41 Å². The Bertz CT molecular complexity index is 1160. The van der Waals surface area contributed by atoms with E-state index in [0.29, 0.717) is 25.2 Å². The van der Waals surface area contributed by atoms with Gasteiger partial charge in [0, 0.05) is 31.6 Å². The Morgan fingerprint density at radius 3 is 2.65 bits per heavy atom. The van der Waals surface area contributed by atoms with E-state index in [2.05, 4.69) is 4.90 Å².